The summed E-state index contributed by atoms with van der Waals surface area (Å²) in [5.74, 6) is -1.41. The van der Waals surface area contributed by atoms with Crippen molar-refractivity contribution in [3.63, 3.8) is 0 Å². The van der Waals surface area contributed by atoms with Crippen molar-refractivity contribution in [2.45, 2.75) is 62.5 Å². The average Bonchev–Trinajstić information content (AvgIpc) is 2.96. The number of carbonyl (C=O) groups is 2. The summed E-state index contributed by atoms with van der Waals surface area (Å²) in [5, 5.41) is 76.1. The number of hydrogen-bond acceptors (Lipinski definition) is 13. The van der Waals surface area contributed by atoms with Crippen LogP contribution in [0.3, 0.4) is 0 Å². The summed E-state index contributed by atoms with van der Waals surface area (Å²) in [5.41, 5.74) is 0.423. The Morgan fingerprint density at radius 2 is 1.75 bits per heavy atom. The highest BCUT2D eigenvalue weighted by atomic mass is 16.6. The van der Waals surface area contributed by atoms with Gasteiger partial charge in [-0.2, -0.15) is 0 Å². The van der Waals surface area contributed by atoms with Crippen molar-refractivity contribution in [2.24, 2.45) is 11.8 Å². The van der Waals surface area contributed by atoms with Crippen LogP contribution in [0.15, 0.2) is 24.3 Å². The van der Waals surface area contributed by atoms with E-state index in [-0.39, 0.29) is 32.2 Å². The molecule has 9 N–H and O–H groups in total. The molecule has 1 heterocycles. The monoisotopic (exact) mass is 574 g/mol. The maximum absolute atomic E-state index is 11.9. The number of ether oxygens (including phenoxy) is 3. The predicted molar refractivity (Wildman–Crippen MR) is 139 cm³/mol. The fraction of sp³-hybridized carbons (Fsp3) is 0.692. The zero-order valence-electron chi connectivity index (χ0n) is 22.4. The van der Waals surface area contributed by atoms with Crippen molar-refractivity contribution >= 4 is 12.4 Å². The molecule has 0 bridgehead atoms. The van der Waals surface area contributed by atoms with Gasteiger partial charge in [0.05, 0.1) is 57.5 Å². The van der Waals surface area contributed by atoms with Crippen LogP contribution in [0.5, 0.6) is 5.75 Å². The summed E-state index contributed by atoms with van der Waals surface area (Å²) >= 11 is 0. The third-order valence-corrected chi connectivity index (χ3v) is 6.84. The minimum absolute atomic E-state index is 0.125. The normalized spacial score (nSPS) is 25.9. The molecule has 14 nitrogen and oxygen atoms in total. The number of nitrogens with one attached hydrogen (secondary N) is 2. The Balaban J connectivity index is 1.87. The van der Waals surface area contributed by atoms with E-state index in [1.165, 1.54) is 24.3 Å². The van der Waals surface area contributed by atoms with Gasteiger partial charge in [0.15, 0.2) is 0 Å². The quantitative estimate of drug-likeness (QED) is 0.0544. The Hall–Kier alpha value is -2.24. The molecule has 40 heavy (non-hydrogen) atoms. The SMILES string of the molecule is CCC[C@@H]1[C@@H](O)[C@H](COC[C@@H]([C@H](O)[C@H](O)CO)[C@@H](O)CNCNC(=O)Oc2ccc(C=O)cc2)O[C@H](CO)[C@H]1O. The first kappa shape index (κ1) is 34.0. The summed E-state index contributed by atoms with van der Waals surface area (Å²) < 4.78 is 16.3. The van der Waals surface area contributed by atoms with E-state index < -0.39 is 73.9 Å². The first-order chi connectivity index (χ1) is 19.2. The third kappa shape index (κ3) is 9.99. The molecule has 228 valence electrons. The molecule has 1 aromatic rings. The summed E-state index contributed by atoms with van der Waals surface area (Å²) in [6.07, 6.45) is -7.32. The largest absolute Gasteiger partial charge is 0.413 e. The Morgan fingerprint density at radius 3 is 2.35 bits per heavy atom. The van der Waals surface area contributed by atoms with E-state index in [4.69, 9.17) is 14.2 Å². The second-order valence-corrected chi connectivity index (χ2v) is 9.72. The molecule has 0 radical (unpaired) electrons. The predicted octanol–water partition coefficient (Wildman–Crippen LogP) is -2.26. The minimum atomic E-state index is -1.58. The second kappa shape index (κ2) is 17.5. The Morgan fingerprint density at radius 1 is 1.07 bits per heavy atom. The summed E-state index contributed by atoms with van der Waals surface area (Å²) in [4.78, 5) is 22.6. The molecule has 1 aromatic carbocycles. The molecular weight excluding hydrogens is 532 g/mol. The molecule has 0 spiro atoms. The van der Waals surface area contributed by atoms with Gasteiger partial charge < -0.3 is 55.3 Å². The van der Waals surface area contributed by atoms with E-state index in [1.807, 2.05) is 6.92 Å². The number of rotatable bonds is 17. The fourth-order valence-electron chi connectivity index (χ4n) is 4.52. The van der Waals surface area contributed by atoms with Crippen LogP contribution in [-0.4, -0.2) is 130 Å². The van der Waals surface area contributed by atoms with Gasteiger partial charge in [-0.05, 0) is 30.7 Å². The standard InChI is InChI=1S/C26H42N2O12/c1-2-3-17-24(35)21(11-31)40-22(25(17)36)13-38-12-18(23(34)20(33)10-30)19(32)8-27-14-28-26(37)39-16-6-4-15(9-29)5-7-16/h4-7,9,17-25,27,30-36H,2-3,8,10-14H2,1H3,(H,28,37)/t17-,18+,19-,20+,21+,22-,23-,24-,25+/m0/s1. The van der Waals surface area contributed by atoms with Gasteiger partial charge in [0.2, 0.25) is 0 Å². The zero-order valence-corrected chi connectivity index (χ0v) is 22.4. The number of aliphatic hydroxyl groups is 7. The van der Waals surface area contributed by atoms with Crippen molar-refractivity contribution in [1.29, 1.82) is 0 Å². The van der Waals surface area contributed by atoms with E-state index in [0.717, 1.165) is 0 Å². The molecule has 0 unspecified atom stereocenters. The van der Waals surface area contributed by atoms with Gasteiger partial charge in [0.1, 0.15) is 30.3 Å². The first-order valence-electron chi connectivity index (χ1n) is 13.2. The molecule has 14 heteroatoms. The minimum Gasteiger partial charge on any atom is -0.410 e. The molecule has 1 aliphatic rings. The van der Waals surface area contributed by atoms with Crippen LogP contribution in [0.25, 0.3) is 0 Å². The molecule has 0 saturated carbocycles. The van der Waals surface area contributed by atoms with Crippen LogP contribution in [-0.2, 0) is 9.47 Å². The lowest BCUT2D eigenvalue weighted by Crippen LogP contribution is -2.56. The lowest BCUT2D eigenvalue weighted by molar-refractivity contribution is -0.224. The highest BCUT2D eigenvalue weighted by Gasteiger charge is 2.43. The number of carbonyl (C=O) groups excluding carboxylic acids is 2. The van der Waals surface area contributed by atoms with Crippen LogP contribution < -0.4 is 15.4 Å². The summed E-state index contributed by atoms with van der Waals surface area (Å²) in [6, 6.07) is 5.87. The maximum atomic E-state index is 11.9. The number of aliphatic hydroxyl groups excluding tert-OH is 7. The third-order valence-electron chi connectivity index (χ3n) is 6.84. The van der Waals surface area contributed by atoms with Gasteiger partial charge in [-0.15, -0.1) is 0 Å². The Labute approximate surface area is 232 Å². The van der Waals surface area contributed by atoms with Gasteiger partial charge in [0, 0.05) is 23.9 Å². The van der Waals surface area contributed by atoms with Crippen molar-refractivity contribution < 1.29 is 59.5 Å². The number of amides is 1. The molecule has 1 amide bonds. The van der Waals surface area contributed by atoms with E-state index in [2.05, 4.69) is 10.6 Å². The molecule has 2 rings (SSSR count). The molecular formula is C26H42N2O12. The number of hydrogen-bond donors (Lipinski definition) is 9. The topological polar surface area (TPSA) is 227 Å². The maximum Gasteiger partial charge on any atom is 0.413 e. The van der Waals surface area contributed by atoms with Crippen LogP contribution in [0.4, 0.5) is 4.79 Å². The van der Waals surface area contributed by atoms with Crippen molar-refractivity contribution in [3.05, 3.63) is 29.8 Å². The second-order valence-electron chi connectivity index (χ2n) is 9.72. The first-order valence-corrected chi connectivity index (χ1v) is 13.2. The Bertz CT molecular complexity index is 876. The van der Waals surface area contributed by atoms with Gasteiger partial charge in [-0.3, -0.25) is 10.1 Å². The summed E-state index contributed by atoms with van der Waals surface area (Å²) in [7, 11) is 0. The lowest BCUT2D eigenvalue weighted by Gasteiger charge is -2.42. The lowest BCUT2D eigenvalue weighted by atomic mass is 9.83. The van der Waals surface area contributed by atoms with Crippen LogP contribution in [0, 0.1) is 11.8 Å². The van der Waals surface area contributed by atoms with Crippen molar-refractivity contribution in [1.82, 2.24) is 10.6 Å². The van der Waals surface area contributed by atoms with Crippen molar-refractivity contribution in [2.75, 3.05) is 39.6 Å². The van der Waals surface area contributed by atoms with Crippen LogP contribution in [0.2, 0.25) is 0 Å². The average molecular weight is 575 g/mol. The van der Waals surface area contributed by atoms with Gasteiger partial charge in [-0.25, -0.2) is 4.79 Å². The molecule has 0 aromatic heterocycles. The van der Waals surface area contributed by atoms with Crippen molar-refractivity contribution in [3.8, 4) is 5.75 Å². The highest BCUT2D eigenvalue weighted by Crippen LogP contribution is 2.30. The van der Waals surface area contributed by atoms with E-state index in [0.29, 0.717) is 24.7 Å². The molecule has 1 fully saturated rings. The summed E-state index contributed by atoms with van der Waals surface area (Å²) in [6.45, 7) is -0.0899. The smallest absolute Gasteiger partial charge is 0.410 e. The van der Waals surface area contributed by atoms with Crippen LogP contribution in [0.1, 0.15) is 30.1 Å². The number of aldehydes is 1. The van der Waals surface area contributed by atoms with Gasteiger partial charge in [-0.1, -0.05) is 13.3 Å². The Kier molecular flexibility index (Phi) is 14.9. The molecule has 0 aliphatic carbocycles. The van der Waals surface area contributed by atoms with Gasteiger partial charge >= 0.3 is 6.09 Å². The van der Waals surface area contributed by atoms with Crippen LogP contribution >= 0.6 is 0 Å². The number of benzene rings is 1. The van der Waals surface area contributed by atoms with E-state index in [9.17, 15) is 45.3 Å². The zero-order chi connectivity index (χ0) is 29.7. The molecule has 9 atom stereocenters. The fourth-order valence-corrected chi connectivity index (χ4v) is 4.52. The van der Waals surface area contributed by atoms with E-state index in [1.54, 1.807) is 0 Å². The van der Waals surface area contributed by atoms with E-state index >= 15 is 0 Å². The molecule has 1 saturated heterocycles. The van der Waals surface area contributed by atoms with Gasteiger partial charge in [0.25, 0.3) is 0 Å². The molecule has 1 aliphatic heterocycles. The highest BCUT2D eigenvalue weighted by molar-refractivity contribution is 5.75.